The molecule has 3 rings (SSSR count). The van der Waals surface area contributed by atoms with Crippen molar-refractivity contribution in [3.63, 3.8) is 0 Å². The molecule has 0 radical (unpaired) electrons. The molecular formula is C13H11F3N4O. The van der Waals surface area contributed by atoms with Crippen molar-refractivity contribution in [1.29, 1.82) is 0 Å². The number of carbonyl (C=O) groups is 1. The maximum Gasteiger partial charge on any atom is 0.416 e. The Hall–Kier alpha value is -2.51. The van der Waals surface area contributed by atoms with Crippen LogP contribution >= 0.6 is 0 Å². The van der Waals surface area contributed by atoms with Gasteiger partial charge in [-0.15, -0.1) is 0 Å². The Labute approximate surface area is 117 Å². The number of hydrogen-bond donors (Lipinski definition) is 2. The molecule has 0 aliphatic carbocycles. The van der Waals surface area contributed by atoms with E-state index >= 15 is 0 Å². The number of benzene rings is 1. The number of anilines is 2. The molecule has 0 fully saturated rings. The van der Waals surface area contributed by atoms with E-state index in [2.05, 4.69) is 15.7 Å². The number of aromatic nitrogens is 2. The quantitative estimate of drug-likeness (QED) is 0.850. The lowest BCUT2D eigenvalue weighted by molar-refractivity contribution is -0.137. The Morgan fingerprint density at radius 2 is 2.05 bits per heavy atom. The van der Waals surface area contributed by atoms with Gasteiger partial charge in [0.15, 0.2) is 0 Å². The van der Waals surface area contributed by atoms with Crippen molar-refractivity contribution in [1.82, 2.24) is 9.78 Å². The number of amides is 1. The molecular weight excluding hydrogens is 285 g/mol. The topological polar surface area (TPSA) is 59.0 Å². The lowest BCUT2D eigenvalue weighted by Crippen LogP contribution is -2.32. The summed E-state index contributed by atoms with van der Waals surface area (Å²) in [6, 6.07) is 2.52. The van der Waals surface area contributed by atoms with Crippen LogP contribution in [0.5, 0.6) is 0 Å². The summed E-state index contributed by atoms with van der Waals surface area (Å²) in [6.07, 6.45) is -1.24. The van der Waals surface area contributed by atoms with Gasteiger partial charge in [0.25, 0.3) is 5.91 Å². The highest BCUT2D eigenvalue weighted by Crippen LogP contribution is 2.37. The molecule has 0 saturated carbocycles. The van der Waals surface area contributed by atoms with Gasteiger partial charge in [-0.05, 0) is 18.2 Å². The second-order valence-corrected chi connectivity index (χ2v) is 4.77. The number of nitrogens with one attached hydrogen (secondary N) is 2. The number of rotatable bonds is 1. The third-order valence-corrected chi connectivity index (χ3v) is 3.22. The summed E-state index contributed by atoms with van der Waals surface area (Å²) in [4.78, 5) is 12.0. The van der Waals surface area contributed by atoms with Gasteiger partial charge in [0.2, 0.25) is 0 Å². The largest absolute Gasteiger partial charge is 0.416 e. The lowest BCUT2D eigenvalue weighted by atomic mass is 10.0. The summed E-state index contributed by atoms with van der Waals surface area (Å²) in [5, 5.41) is 9.39. The van der Waals surface area contributed by atoms with Crippen LogP contribution in [0.4, 0.5) is 24.5 Å². The van der Waals surface area contributed by atoms with Crippen LogP contribution < -0.4 is 10.6 Å². The van der Waals surface area contributed by atoms with Crippen molar-refractivity contribution in [3.8, 4) is 0 Å². The Morgan fingerprint density at radius 1 is 1.29 bits per heavy atom. The molecule has 21 heavy (non-hydrogen) atoms. The molecule has 0 saturated heterocycles. The predicted octanol–water partition coefficient (Wildman–Crippen LogP) is 2.54. The first-order chi connectivity index (χ1) is 9.84. The van der Waals surface area contributed by atoms with Crippen LogP contribution in [-0.4, -0.2) is 15.7 Å². The Kier molecular flexibility index (Phi) is 2.89. The Balaban J connectivity index is 1.94. The van der Waals surface area contributed by atoms with E-state index in [0.29, 0.717) is 11.3 Å². The number of nitrogens with zero attached hydrogens (tertiary/aromatic N) is 2. The van der Waals surface area contributed by atoms with E-state index in [-0.39, 0.29) is 5.69 Å². The van der Waals surface area contributed by atoms with Crippen LogP contribution in [0, 0.1) is 0 Å². The van der Waals surface area contributed by atoms with E-state index in [1.807, 2.05) is 0 Å². The van der Waals surface area contributed by atoms with Crippen LogP contribution in [0.3, 0.4) is 0 Å². The zero-order chi connectivity index (χ0) is 15.2. The number of aryl methyl sites for hydroxylation is 1. The first kappa shape index (κ1) is 13.5. The molecule has 1 aromatic carbocycles. The molecule has 2 aromatic rings. The fraction of sp³-hybridized carbons (Fsp3) is 0.231. The summed E-state index contributed by atoms with van der Waals surface area (Å²) in [7, 11) is 1.72. The summed E-state index contributed by atoms with van der Waals surface area (Å²) in [5.74, 6) is -0.421. The number of hydrogen-bond acceptors (Lipinski definition) is 3. The molecule has 1 aromatic heterocycles. The number of carbonyl (C=O) groups excluding carboxylic acids is 1. The van der Waals surface area contributed by atoms with Crippen LogP contribution in [0.25, 0.3) is 0 Å². The van der Waals surface area contributed by atoms with Crippen molar-refractivity contribution in [2.45, 2.75) is 12.2 Å². The third-order valence-electron chi connectivity index (χ3n) is 3.22. The fourth-order valence-corrected chi connectivity index (χ4v) is 2.20. The van der Waals surface area contributed by atoms with Gasteiger partial charge in [-0.1, -0.05) is 0 Å². The van der Waals surface area contributed by atoms with Gasteiger partial charge in [-0.3, -0.25) is 9.48 Å². The smallest absolute Gasteiger partial charge is 0.368 e. The minimum absolute atomic E-state index is 0.120. The minimum Gasteiger partial charge on any atom is -0.368 e. The van der Waals surface area contributed by atoms with Gasteiger partial charge < -0.3 is 10.6 Å². The maximum absolute atomic E-state index is 12.7. The molecule has 0 spiro atoms. The molecule has 5 nitrogen and oxygen atoms in total. The van der Waals surface area contributed by atoms with Crippen molar-refractivity contribution in [2.24, 2.45) is 7.05 Å². The first-order valence-electron chi connectivity index (χ1n) is 6.12. The molecule has 0 bridgehead atoms. The van der Waals surface area contributed by atoms with E-state index in [9.17, 15) is 18.0 Å². The van der Waals surface area contributed by atoms with Gasteiger partial charge in [-0.2, -0.15) is 18.3 Å². The van der Waals surface area contributed by atoms with Gasteiger partial charge in [0, 0.05) is 18.8 Å². The standard InChI is InChI=1S/C13H11F3N4O/c1-20-6-7(5-17-20)11-12(21)19-10-4-8(13(14,15)16)2-3-9(10)18-11/h2-6,11,18H,1H3,(H,19,21). The molecule has 8 heteroatoms. The van der Waals surface area contributed by atoms with E-state index in [1.54, 1.807) is 17.9 Å². The number of halogens is 3. The molecule has 2 heterocycles. The summed E-state index contributed by atoms with van der Waals surface area (Å²) >= 11 is 0. The van der Waals surface area contributed by atoms with Gasteiger partial charge in [0.1, 0.15) is 6.04 Å². The average molecular weight is 296 g/mol. The van der Waals surface area contributed by atoms with Gasteiger partial charge >= 0.3 is 6.18 Å². The average Bonchev–Trinajstić information content (AvgIpc) is 2.82. The van der Waals surface area contributed by atoms with Crippen molar-refractivity contribution in [2.75, 3.05) is 10.6 Å². The highest BCUT2D eigenvalue weighted by atomic mass is 19.4. The number of fused-ring (bicyclic) bond motifs is 1. The van der Waals surface area contributed by atoms with Crippen LogP contribution in [0.1, 0.15) is 17.2 Å². The van der Waals surface area contributed by atoms with Crippen molar-refractivity contribution < 1.29 is 18.0 Å². The zero-order valence-electron chi connectivity index (χ0n) is 10.9. The molecule has 1 amide bonds. The minimum atomic E-state index is -4.44. The third kappa shape index (κ3) is 2.44. The molecule has 1 unspecified atom stereocenters. The van der Waals surface area contributed by atoms with Crippen molar-refractivity contribution >= 4 is 17.3 Å². The fourth-order valence-electron chi connectivity index (χ4n) is 2.20. The van der Waals surface area contributed by atoms with Crippen molar-refractivity contribution in [3.05, 3.63) is 41.7 Å². The molecule has 1 atom stereocenters. The maximum atomic E-state index is 12.7. The van der Waals surface area contributed by atoms with E-state index in [1.165, 1.54) is 12.3 Å². The molecule has 1 aliphatic heterocycles. The molecule has 1 aliphatic rings. The van der Waals surface area contributed by atoms with Crippen LogP contribution in [0.15, 0.2) is 30.6 Å². The predicted molar refractivity (Wildman–Crippen MR) is 69.6 cm³/mol. The highest BCUT2D eigenvalue weighted by Gasteiger charge is 2.33. The highest BCUT2D eigenvalue weighted by molar-refractivity contribution is 6.03. The summed E-state index contributed by atoms with van der Waals surface area (Å²) < 4.78 is 39.5. The number of alkyl halides is 3. The van der Waals surface area contributed by atoms with E-state index < -0.39 is 23.7 Å². The first-order valence-corrected chi connectivity index (χ1v) is 6.12. The van der Waals surface area contributed by atoms with Crippen LogP contribution in [-0.2, 0) is 18.0 Å². The second kappa shape index (κ2) is 4.51. The van der Waals surface area contributed by atoms with Gasteiger partial charge in [0.05, 0.1) is 23.1 Å². The van der Waals surface area contributed by atoms with E-state index in [4.69, 9.17) is 0 Å². The monoisotopic (exact) mass is 296 g/mol. The summed E-state index contributed by atoms with van der Waals surface area (Å²) in [5.41, 5.74) is 0.398. The van der Waals surface area contributed by atoms with Crippen LogP contribution in [0.2, 0.25) is 0 Å². The zero-order valence-corrected chi connectivity index (χ0v) is 10.9. The molecule has 2 N–H and O–H groups in total. The SMILES string of the molecule is Cn1cc(C2Nc3ccc(C(F)(F)F)cc3NC2=O)cn1. The Bertz CT molecular complexity index is 708. The Morgan fingerprint density at radius 3 is 2.67 bits per heavy atom. The van der Waals surface area contributed by atoms with Gasteiger partial charge in [-0.25, -0.2) is 0 Å². The lowest BCUT2D eigenvalue weighted by Gasteiger charge is -2.26. The summed E-state index contributed by atoms with van der Waals surface area (Å²) in [6.45, 7) is 0. The normalized spacial score (nSPS) is 17.9. The van der Waals surface area contributed by atoms with E-state index in [0.717, 1.165) is 12.1 Å². The molecule has 110 valence electrons. The second-order valence-electron chi connectivity index (χ2n) is 4.77.